The first-order valence-corrected chi connectivity index (χ1v) is 9.66. The Morgan fingerprint density at radius 3 is 2.87 bits per heavy atom. The van der Waals surface area contributed by atoms with Crippen LogP contribution in [0.1, 0.15) is 29.8 Å². The van der Waals surface area contributed by atoms with Crippen LogP contribution in [0.15, 0.2) is 30.3 Å². The van der Waals surface area contributed by atoms with E-state index in [1.165, 1.54) is 0 Å². The maximum Gasteiger partial charge on any atom is 0.270 e. The molecule has 2 aromatic rings. The van der Waals surface area contributed by atoms with E-state index in [1.807, 2.05) is 30.3 Å². The highest BCUT2D eigenvalue weighted by molar-refractivity contribution is 7.88. The SMILES string of the molecule is CS(=O)(=O)NC[C@H]1CCCCN1C(=O)c1cc2ccccc2[nH]1. The third kappa shape index (κ3) is 3.73. The second-order valence-corrected chi connectivity index (χ2v) is 7.87. The molecule has 0 aliphatic carbocycles. The zero-order valence-corrected chi connectivity index (χ0v) is 13.9. The first-order chi connectivity index (χ1) is 10.9. The Balaban J connectivity index is 1.80. The van der Waals surface area contributed by atoms with Crippen molar-refractivity contribution in [3.05, 3.63) is 36.0 Å². The number of amides is 1. The molecule has 23 heavy (non-hydrogen) atoms. The van der Waals surface area contributed by atoms with Crippen molar-refractivity contribution in [3.8, 4) is 0 Å². The summed E-state index contributed by atoms with van der Waals surface area (Å²) in [6, 6.07) is 9.51. The maximum atomic E-state index is 12.8. The minimum Gasteiger partial charge on any atom is -0.351 e. The van der Waals surface area contributed by atoms with Crippen LogP contribution in [0.2, 0.25) is 0 Å². The van der Waals surface area contributed by atoms with E-state index in [0.717, 1.165) is 36.4 Å². The molecule has 1 aromatic heterocycles. The molecular formula is C16H21N3O3S. The lowest BCUT2D eigenvalue weighted by atomic mass is 10.0. The first kappa shape index (κ1) is 16.0. The molecule has 0 unspecified atom stereocenters. The smallest absolute Gasteiger partial charge is 0.270 e. The summed E-state index contributed by atoms with van der Waals surface area (Å²) in [5.41, 5.74) is 1.48. The van der Waals surface area contributed by atoms with Crippen LogP contribution in [0.3, 0.4) is 0 Å². The van der Waals surface area contributed by atoms with Crippen molar-refractivity contribution in [2.75, 3.05) is 19.3 Å². The normalized spacial score (nSPS) is 19.2. The molecular weight excluding hydrogens is 314 g/mol. The third-order valence-electron chi connectivity index (χ3n) is 4.23. The molecule has 0 radical (unpaired) electrons. The molecule has 1 aromatic carbocycles. The zero-order valence-electron chi connectivity index (χ0n) is 13.1. The number of sulfonamides is 1. The number of aromatic amines is 1. The number of benzene rings is 1. The molecule has 0 spiro atoms. The fraction of sp³-hybridized carbons (Fsp3) is 0.438. The standard InChI is InChI=1S/C16H21N3O3S/c1-23(21,22)17-11-13-7-4-5-9-19(13)16(20)15-10-12-6-2-3-8-14(12)18-15/h2-3,6,8,10,13,17-18H,4-5,7,9,11H2,1H3/t13-/m1/s1. The Hall–Kier alpha value is -1.86. The summed E-state index contributed by atoms with van der Waals surface area (Å²) < 4.78 is 25.2. The van der Waals surface area contributed by atoms with Crippen LogP contribution in [0.25, 0.3) is 10.9 Å². The van der Waals surface area contributed by atoms with Crippen LogP contribution in [0.4, 0.5) is 0 Å². The summed E-state index contributed by atoms with van der Waals surface area (Å²) in [6.07, 6.45) is 3.90. The summed E-state index contributed by atoms with van der Waals surface area (Å²) >= 11 is 0. The Morgan fingerprint density at radius 2 is 2.13 bits per heavy atom. The monoisotopic (exact) mass is 335 g/mol. The van der Waals surface area contributed by atoms with Gasteiger partial charge in [-0.1, -0.05) is 18.2 Å². The predicted molar refractivity (Wildman–Crippen MR) is 89.8 cm³/mol. The van der Waals surface area contributed by atoms with E-state index in [4.69, 9.17) is 0 Å². The number of hydrogen-bond acceptors (Lipinski definition) is 3. The zero-order chi connectivity index (χ0) is 16.4. The minimum atomic E-state index is -3.25. The Labute approximate surface area is 135 Å². The molecule has 1 aliphatic heterocycles. The number of piperidine rings is 1. The highest BCUT2D eigenvalue weighted by Gasteiger charge is 2.28. The van der Waals surface area contributed by atoms with Gasteiger partial charge in [0.15, 0.2) is 0 Å². The van der Waals surface area contributed by atoms with E-state index in [-0.39, 0.29) is 18.5 Å². The van der Waals surface area contributed by atoms with Crippen LogP contribution in [0.5, 0.6) is 0 Å². The molecule has 1 fully saturated rings. The third-order valence-corrected chi connectivity index (χ3v) is 4.92. The average Bonchev–Trinajstić information content (AvgIpc) is 2.96. The van der Waals surface area contributed by atoms with Gasteiger partial charge < -0.3 is 9.88 Å². The number of nitrogens with one attached hydrogen (secondary N) is 2. The minimum absolute atomic E-state index is 0.0683. The number of carbonyl (C=O) groups excluding carboxylic acids is 1. The molecule has 1 atom stereocenters. The van der Waals surface area contributed by atoms with Gasteiger partial charge in [0, 0.05) is 30.0 Å². The molecule has 1 amide bonds. The highest BCUT2D eigenvalue weighted by atomic mass is 32.2. The van der Waals surface area contributed by atoms with Gasteiger partial charge in [0.25, 0.3) is 5.91 Å². The second-order valence-electron chi connectivity index (χ2n) is 6.04. The van der Waals surface area contributed by atoms with Crippen LogP contribution in [-0.2, 0) is 10.0 Å². The maximum absolute atomic E-state index is 12.8. The van der Waals surface area contributed by atoms with Crippen molar-refractivity contribution in [3.63, 3.8) is 0 Å². The van der Waals surface area contributed by atoms with Crippen LogP contribution < -0.4 is 4.72 Å². The highest BCUT2D eigenvalue weighted by Crippen LogP contribution is 2.21. The van der Waals surface area contributed by atoms with Gasteiger partial charge in [0.05, 0.1) is 6.26 Å². The lowest BCUT2D eigenvalue weighted by Gasteiger charge is -2.35. The van der Waals surface area contributed by atoms with Gasteiger partial charge in [0.2, 0.25) is 10.0 Å². The Morgan fingerprint density at radius 1 is 1.35 bits per heavy atom. The van der Waals surface area contributed by atoms with Crippen molar-refractivity contribution in [2.24, 2.45) is 0 Å². The molecule has 1 aliphatic rings. The van der Waals surface area contributed by atoms with Gasteiger partial charge >= 0.3 is 0 Å². The van der Waals surface area contributed by atoms with Crippen molar-refractivity contribution < 1.29 is 13.2 Å². The second kappa shape index (κ2) is 6.33. The summed E-state index contributed by atoms with van der Waals surface area (Å²) in [4.78, 5) is 17.8. The van der Waals surface area contributed by atoms with Crippen molar-refractivity contribution in [2.45, 2.75) is 25.3 Å². The number of para-hydroxylation sites is 1. The van der Waals surface area contributed by atoms with E-state index in [9.17, 15) is 13.2 Å². The summed E-state index contributed by atoms with van der Waals surface area (Å²) in [5, 5.41) is 0.999. The lowest BCUT2D eigenvalue weighted by molar-refractivity contribution is 0.0613. The summed E-state index contributed by atoms with van der Waals surface area (Å²) in [6.45, 7) is 0.926. The Kier molecular flexibility index (Phi) is 4.41. The molecule has 124 valence electrons. The van der Waals surface area contributed by atoms with Crippen molar-refractivity contribution >= 4 is 26.8 Å². The fourth-order valence-corrected chi connectivity index (χ4v) is 3.57. The van der Waals surface area contributed by atoms with E-state index < -0.39 is 10.0 Å². The van der Waals surface area contributed by atoms with Gasteiger partial charge in [0.1, 0.15) is 5.69 Å². The number of carbonyl (C=O) groups is 1. The van der Waals surface area contributed by atoms with Gasteiger partial charge in [-0.05, 0) is 31.4 Å². The molecule has 2 N–H and O–H groups in total. The molecule has 2 heterocycles. The lowest BCUT2D eigenvalue weighted by Crippen LogP contribution is -2.49. The molecule has 0 saturated carbocycles. The fourth-order valence-electron chi connectivity index (χ4n) is 3.07. The van der Waals surface area contributed by atoms with E-state index in [1.54, 1.807) is 4.90 Å². The molecule has 6 nitrogen and oxygen atoms in total. The number of H-pyrrole nitrogens is 1. The number of aromatic nitrogens is 1. The summed E-state index contributed by atoms with van der Waals surface area (Å²) in [5.74, 6) is -0.0683. The molecule has 3 rings (SSSR count). The van der Waals surface area contributed by atoms with Gasteiger partial charge in [-0.25, -0.2) is 13.1 Å². The van der Waals surface area contributed by atoms with Gasteiger partial charge in [-0.3, -0.25) is 4.79 Å². The van der Waals surface area contributed by atoms with Gasteiger partial charge in [-0.2, -0.15) is 0 Å². The van der Waals surface area contributed by atoms with Crippen LogP contribution in [0, 0.1) is 0 Å². The number of fused-ring (bicyclic) bond motifs is 1. The van der Waals surface area contributed by atoms with E-state index >= 15 is 0 Å². The number of rotatable bonds is 4. The molecule has 1 saturated heterocycles. The van der Waals surface area contributed by atoms with Crippen LogP contribution in [-0.4, -0.2) is 49.6 Å². The molecule has 0 bridgehead atoms. The number of hydrogen-bond donors (Lipinski definition) is 2. The number of nitrogens with zero attached hydrogens (tertiary/aromatic N) is 1. The van der Waals surface area contributed by atoms with E-state index in [0.29, 0.717) is 12.2 Å². The quantitative estimate of drug-likeness (QED) is 0.892. The Bertz CT molecular complexity index is 780. The first-order valence-electron chi connectivity index (χ1n) is 7.77. The molecule has 7 heteroatoms. The van der Waals surface area contributed by atoms with Gasteiger partial charge in [-0.15, -0.1) is 0 Å². The summed E-state index contributed by atoms with van der Waals surface area (Å²) in [7, 11) is -3.25. The predicted octanol–water partition coefficient (Wildman–Crippen LogP) is 1.71. The van der Waals surface area contributed by atoms with E-state index in [2.05, 4.69) is 9.71 Å². The largest absolute Gasteiger partial charge is 0.351 e. The average molecular weight is 335 g/mol. The van der Waals surface area contributed by atoms with Crippen LogP contribution >= 0.6 is 0 Å². The number of likely N-dealkylation sites (tertiary alicyclic amines) is 1. The van der Waals surface area contributed by atoms with Crippen molar-refractivity contribution in [1.29, 1.82) is 0 Å². The van der Waals surface area contributed by atoms with Crippen molar-refractivity contribution in [1.82, 2.24) is 14.6 Å². The topological polar surface area (TPSA) is 82.3 Å².